The highest BCUT2D eigenvalue weighted by atomic mass is 16.5. The van der Waals surface area contributed by atoms with Crippen molar-refractivity contribution < 1.29 is 38.2 Å². The fourth-order valence-electron chi connectivity index (χ4n) is 4.04. The van der Waals surface area contributed by atoms with Crippen LogP contribution >= 0.6 is 0 Å². The zero-order valence-electron chi connectivity index (χ0n) is 19.8. The van der Waals surface area contributed by atoms with E-state index in [1.165, 1.54) is 39.4 Å². The number of Topliss-reactive ketones (excluding diaryl/α,β-unsaturated/α-hetero) is 1. The number of hydrogen-bond donors (Lipinski definition) is 1. The third-order valence-corrected chi connectivity index (χ3v) is 5.65. The molecule has 0 aliphatic carbocycles. The summed E-state index contributed by atoms with van der Waals surface area (Å²) < 4.78 is 26.7. The van der Waals surface area contributed by atoms with Gasteiger partial charge in [0.15, 0.2) is 17.3 Å². The van der Waals surface area contributed by atoms with E-state index in [-0.39, 0.29) is 17.2 Å². The van der Waals surface area contributed by atoms with Gasteiger partial charge in [0.1, 0.15) is 17.3 Å². The molecular formula is C25H24N2O8. The topological polar surface area (TPSA) is 121 Å². The molecule has 35 heavy (non-hydrogen) atoms. The molecule has 1 aliphatic heterocycles. The number of nitrogens with zero attached hydrogens (tertiary/aromatic N) is 2. The number of aryl methyl sites for hydroxylation is 1. The van der Waals surface area contributed by atoms with Gasteiger partial charge in [-0.1, -0.05) is 17.3 Å². The van der Waals surface area contributed by atoms with Gasteiger partial charge in [-0.15, -0.1) is 0 Å². The van der Waals surface area contributed by atoms with Crippen LogP contribution in [0.15, 0.2) is 52.6 Å². The molecule has 0 spiro atoms. The second kappa shape index (κ2) is 9.41. The zero-order valence-corrected chi connectivity index (χ0v) is 19.8. The van der Waals surface area contributed by atoms with Crippen molar-refractivity contribution in [2.75, 3.05) is 33.3 Å². The van der Waals surface area contributed by atoms with Gasteiger partial charge < -0.3 is 28.6 Å². The molecule has 0 unspecified atom stereocenters. The molecule has 10 nitrogen and oxygen atoms in total. The minimum absolute atomic E-state index is 0.119. The van der Waals surface area contributed by atoms with Crippen molar-refractivity contribution in [2.24, 2.45) is 0 Å². The van der Waals surface area contributed by atoms with Gasteiger partial charge in [-0.3, -0.25) is 14.5 Å². The zero-order chi connectivity index (χ0) is 25.3. The van der Waals surface area contributed by atoms with Crippen LogP contribution in [0, 0.1) is 6.92 Å². The Morgan fingerprint density at radius 2 is 1.66 bits per heavy atom. The molecule has 1 aromatic heterocycles. The van der Waals surface area contributed by atoms with Gasteiger partial charge in [-0.05, 0) is 36.8 Å². The summed E-state index contributed by atoms with van der Waals surface area (Å²) in [7, 11) is 5.86. The molecule has 1 amide bonds. The second-order valence-corrected chi connectivity index (χ2v) is 7.66. The predicted molar refractivity (Wildman–Crippen MR) is 125 cm³/mol. The van der Waals surface area contributed by atoms with Crippen LogP contribution < -0.4 is 23.8 Å². The standard InChI is InChI=1S/C25H24N2O8/c1-13-9-19(26-35-13)27-21(15-11-17(32-3)24(34-5)18(12-15)33-4)20(23(29)25(27)30)22(28)14-7-6-8-16(10-14)31-2/h6-12,21,28H,1-5H3/t21-/m1/s1. The third kappa shape index (κ3) is 4.03. The number of carbonyl (C=O) groups excluding carboxylic acids is 2. The number of carbonyl (C=O) groups is 2. The fraction of sp³-hybridized carbons (Fsp3) is 0.240. The van der Waals surface area contributed by atoms with Gasteiger partial charge in [0.25, 0.3) is 5.78 Å². The van der Waals surface area contributed by atoms with Crippen molar-refractivity contribution in [1.29, 1.82) is 0 Å². The molecule has 0 radical (unpaired) electrons. The van der Waals surface area contributed by atoms with Crippen LogP contribution in [0.5, 0.6) is 23.0 Å². The number of benzene rings is 2. The van der Waals surface area contributed by atoms with Crippen molar-refractivity contribution in [2.45, 2.75) is 13.0 Å². The van der Waals surface area contributed by atoms with Crippen molar-refractivity contribution >= 4 is 23.3 Å². The number of aromatic nitrogens is 1. The lowest BCUT2D eigenvalue weighted by molar-refractivity contribution is -0.132. The normalized spacial score (nSPS) is 16.9. The molecule has 1 fully saturated rings. The van der Waals surface area contributed by atoms with Crippen molar-refractivity contribution in [3.8, 4) is 23.0 Å². The highest BCUT2D eigenvalue weighted by molar-refractivity contribution is 6.51. The minimum atomic E-state index is -1.07. The maximum absolute atomic E-state index is 13.3. The number of rotatable bonds is 7. The van der Waals surface area contributed by atoms with E-state index in [1.54, 1.807) is 43.3 Å². The Morgan fingerprint density at radius 1 is 0.971 bits per heavy atom. The summed E-state index contributed by atoms with van der Waals surface area (Å²) in [4.78, 5) is 27.7. The van der Waals surface area contributed by atoms with Crippen molar-refractivity contribution in [1.82, 2.24) is 5.16 Å². The lowest BCUT2D eigenvalue weighted by Crippen LogP contribution is -2.29. The summed E-state index contributed by atoms with van der Waals surface area (Å²) >= 11 is 0. The smallest absolute Gasteiger partial charge is 0.301 e. The molecule has 1 saturated heterocycles. The van der Waals surface area contributed by atoms with Gasteiger partial charge in [-0.2, -0.15) is 0 Å². The lowest BCUT2D eigenvalue weighted by atomic mass is 9.94. The molecular weight excluding hydrogens is 456 g/mol. The van der Waals surface area contributed by atoms with Crippen LogP contribution in [0.1, 0.15) is 22.9 Å². The summed E-state index contributed by atoms with van der Waals surface area (Å²) in [5.74, 6) is -0.142. The van der Waals surface area contributed by atoms with E-state index in [0.717, 1.165) is 0 Å². The highest BCUT2D eigenvalue weighted by Crippen LogP contribution is 2.47. The number of anilines is 1. The summed E-state index contributed by atoms with van der Waals surface area (Å²) in [5, 5.41) is 15.2. The average molecular weight is 480 g/mol. The van der Waals surface area contributed by atoms with Crippen LogP contribution in [-0.4, -0.2) is 50.4 Å². The Morgan fingerprint density at radius 3 is 2.20 bits per heavy atom. The first kappa shape index (κ1) is 23.7. The third-order valence-electron chi connectivity index (χ3n) is 5.65. The van der Waals surface area contributed by atoms with Crippen LogP contribution in [-0.2, 0) is 9.59 Å². The summed E-state index contributed by atoms with van der Waals surface area (Å²) in [6, 6.07) is 10.2. The van der Waals surface area contributed by atoms with E-state index < -0.39 is 17.7 Å². The molecule has 0 saturated carbocycles. The molecule has 10 heteroatoms. The molecule has 182 valence electrons. The van der Waals surface area contributed by atoms with Gasteiger partial charge in [-0.25, -0.2) is 0 Å². The first-order chi connectivity index (χ1) is 16.8. The van der Waals surface area contributed by atoms with Gasteiger partial charge in [0.2, 0.25) is 5.75 Å². The van der Waals surface area contributed by atoms with E-state index in [9.17, 15) is 14.7 Å². The van der Waals surface area contributed by atoms with Crippen molar-refractivity contribution in [3.05, 3.63) is 64.9 Å². The van der Waals surface area contributed by atoms with Crippen molar-refractivity contribution in [3.63, 3.8) is 0 Å². The Labute approximate surface area is 201 Å². The maximum atomic E-state index is 13.3. The number of ether oxygens (including phenoxy) is 4. The molecule has 2 heterocycles. The Hall–Kier alpha value is -4.47. The number of hydrogen-bond acceptors (Lipinski definition) is 9. The van der Waals surface area contributed by atoms with Crippen LogP contribution in [0.3, 0.4) is 0 Å². The number of aliphatic hydroxyl groups is 1. The van der Waals surface area contributed by atoms with Crippen LogP contribution in [0.2, 0.25) is 0 Å². The Kier molecular flexibility index (Phi) is 6.37. The Balaban J connectivity index is 2.01. The molecule has 4 rings (SSSR count). The predicted octanol–water partition coefficient (Wildman–Crippen LogP) is 3.64. The van der Waals surface area contributed by atoms with Crippen LogP contribution in [0.25, 0.3) is 5.76 Å². The summed E-state index contributed by atoms with van der Waals surface area (Å²) in [6.45, 7) is 1.66. The summed E-state index contributed by atoms with van der Waals surface area (Å²) in [6.07, 6.45) is 0. The minimum Gasteiger partial charge on any atom is -0.507 e. The quantitative estimate of drug-likeness (QED) is 0.307. The molecule has 2 aromatic carbocycles. The first-order valence-corrected chi connectivity index (χ1v) is 10.5. The Bertz CT molecular complexity index is 1300. The van der Waals surface area contributed by atoms with E-state index in [0.29, 0.717) is 39.9 Å². The number of amides is 1. The molecule has 3 aromatic rings. The molecule has 1 atom stereocenters. The average Bonchev–Trinajstić information content (AvgIpc) is 3.42. The monoisotopic (exact) mass is 480 g/mol. The van der Waals surface area contributed by atoms with E-state index >= 15 is 0 Å². The van der Waals surface area contributed by atoms with Gasteiger partial charge in [0.05, 0.1) is 40.1 Å². The number of aliphatic hydroxyl groups excluding tert-OH is 1. The van der Waals surface area contributed by atoms with Crippen LogP contribution in [0.4, 0.5) is 5.82 Å². The fourth-order valence-corrected chi connectivity index (χ4v) is 4.04. The lowest BCUT2D eigenvalue weighted by Gasteiger charge is -2.24. The van der Waals surface area contributed by atoms with E-state index in [4.69, 9.17) is 23.5 Å². The summed E-state index contributed by atoms with van der Waals surface area (Å²) in [5.41, 5.74) is 0.582. The molecule has 1 aliphatic rings. The first-order valence-electron chi connectivity index (χ1n) is 10.5. The number of ketones is 1. The van der Waals surface area contributed by atoms with E-state index in [1.807, 2.05) is 0 Å². The maximum Gasteiger partial charge on any atom is 0.301 e. The highest BCUT2D eigenvalue weighted by Gasteiger charge is 2.48. The number of methoxy groups -OCH3 is 4. The van der Waals surface area contributed by atoms with Gasteiger partial charge in [0, 0.05) is 11.6 Å². The SMILES string of the molecule is COc1cccc(C(O)=C2C(=O)C(=O)N(c3cc(C)on3)[C@@H]2c2cc(OC)c(OC)c(OC)c2)c1. The van der Waals surface area contributed by atoms with E-state index in [2.05, 4.69) is 5.16 Å². The second-order valence-electron chi connectivity index (χ2n) is 7.66. The molecule has 0 bridgehead atoms. The molecule has 1 N–H and O–H groups in total. The largest absolute Gasteiger partial charge is 0.507 e. The van der Waals surface area contributed by atoms with Gasteiger partial charge >= 0.3 is 5.91 Å².